The van der Waals surface area contributed by atoms with E-state index >= 15 is 0 Å². The van der Waals surface area contributed by atoms with Gasteiger partial charge in [-0.2, -0.15) is 5.10 Å². The molecule has 1 amide bonds. The van der Waals surface area contributed by atoms with Crippen molar-refractivity contribution in [2.45, 2.75) is 71.5 Å². The number of rotatable bonds is 13. The lowest BCUT2D eigenvalue weighted by molar-refractivity contribution is -0.125. The van der Waals surface area contributed by atoms with Gasteiger partial charge in [0.15, 0.2) is 10.8 Å². The monoisotopic (exact) mass is 406 g/mol. The first kappa shape index (κ1) is 22.5. The molecule has 0 radical (unpaired) electrons. The average Bonchev–Trinajstić information content (AvgIpc) is 3.09. The van der Waals surface area contributed by atoms with Crippen molar-refractivity contribution >= 4 is 34.5 Å². The second-order valence-electron chi connectivity index (χ2n) is 6.88. The first-order valence-corrected chi connectivity index (χ1v) is 11.5. The lowest BCUT2D eigenvalue weighted by atomic mass is 9.97. The molecule has 2 N–H and O–H groups in total. The Hall–Kier alpha value is -1.83. The molecule has 2 heterocycles. The van der Waals surface area contributed by atoms with Gasteiger partial charge in [0.2, 0.25) is 5.91 Å². The van der Waals surface area contributed by atoms with E-state index in [-0.39, 0.29) is 11.8 Å². The molecule has 7 nitrogen and oxygen atoms in total. The third-order valence-electron chi connectivity index (χ3n) is 4.56. The van der Waals surface area contributed by atoms with Gasteiger partial charge in [-0.3, -0.25) is 4.79 Å². The minimum absolute atomic E-state index is 0.115. The Kier molecular flexibility index (Phi) is 9.54. The highest BCUT2D eigenvalue weighted by atomic mass is 32.2. The van der Waals surface area contributed by atoms with Crippen LogP contribution in [0.3, 0.4) is 0 Å². The van der Waals surface area contributed by atoms with Crippen molar-refractivity contribution in [3.05, 3.63) is 6.20 Å². The van der Waals surface area contributed by atoms with Crippen LogP contribution in [0.1, 0.15) is 59.8 Å². The normalized spacial score (nSPS) is 11.3. The highest BCUT2D eigenvalue weighted by molar-refractivity contribution is 7.99. The van der Waals surface area contributed by atoms with Crippen molar-refractivity contribution in [2.75, 3.05) is 24.2 Å². The average molecular weight is 407 g/mol. The van der Waals surface area contributed by atoms with Crippen molar-refractivity contribution in [1.82, 2.24) is 25.1 Å². The molecule has 0 aliphatic rings. The molecule has 0 aliphatic carbocycles. The van der Waals surface area contributed by atoms with Gasteiger partial charge in [0.05, 0.1) is 18.1 Å². The predicted molar refractivity (Wildman–Crippen MR) is 117 cm³/mol. The molecule has 0 fully saturated rings. The molecule has 0 unspecified atom stereocenters. The number of amides is 1. The molecule has 0 saturated carbocycles. The Morgan fingerprint density at radius 3 is 2.50 bits per heavy atom. The maximum atomic E-state index is 12.4. The number of anilines is 1. The fourth-order valence-electron chi connectivity index (χ4n) is 3.20. The van der Waals surface area contributed by atoms with Crippen LogP contribution in [0.5, 0.6) is 0 Å². The van der Waals surface area contributed by atoms with Gasteiger partial charge in [-0.15, -0.1) is 0 Å². The smallest absolute Gasteiger partial charge is 0.223 e. The summed E-state index contributed by atoms with van der Waals surface area (Å²) in [7, 11) is 0. The first-order valence-electron chi connectivity index (χ1n) is 10.5. The fourth-order valence-corrected chi connectivity index (χ4v) is 3.77. The Balaban J connectivity index is 2.09. The molecule has 0 bridgehead atoms. The summed E-state index contributed by atoms with van der Waals surface area (Å²) in [5.41, 5.74) is 0.817. The number of nitrogens with zero attached hydrogens (tertiary/aromatic N) is 4. The molecule has 2 rings (SSSR count). The molecular formula is C20H34N6OS. The summed E-state index contributed by atoms with van der Waals surface area (Å²) >= 11 is 1.62. The van der Waals surface area contributed by atoms with E-state index in [0.717, 1.165) is 66.4 Å². The van der Waals surface area contributed by atoms with E-state index in [2.05, 4.69) is 53.4 Å². The molecule has 0 spiro atoms. The zero-order chi connectivity index (χ0) is 20.4. The predicted octanol–water partition coefficient (Wildman–Crippen LogP) is 4.09. The molecule has 2 aromatic rings. The molecule has 2 aromatic heterocycles. The van der Waals surface area contributed by atoms with Crippen LogP contribution in [0.4, 0.5) is 5.82 Å². The summed E-state index contributed by atoms with van der Waals surface area (Å²) in [6.07, 6.45) is 6.79. The van der Waals surface area contributed by atoms with Gasteiger partial charge in [-0.05, 0) is 25.0 Å². The van der Waals surface area contributed by atoms with E-state index in [9.17, 15) is 4.79 Å². The first-order chi connectivity index (χ1) is 13.6. The lowest BCUT2D eigenvalue weighted by Gasteiger charge is -2.15. The van der Waals surface area contributed by atoms with Crippen LogP contribution < -0.4 is 10.6 Å². The van der Waals surface area contributed by atoms with Crippen LogP contribution in [-0.4, -0.2) is 44.5 Å². The van der Waals surface area contributed by atoms with Crippen LogP contribution >= 0.6 is 11.8 Å². The largest absolute Gasteiger partial charge is 0.369 e. The van der Waals surface area contributed by atoms with Crippen molar-refractivity contribution in [2.24, 2.45) is 5.92 Å². The Bertz CT molecular complexity index is 742. The fraction of sp³-hybridized carbons (Fsp3) is 0.700. The minimum atomic E-state index is 0.115. The quantitative estimate of drug-likeness (QED) is 0.385. The number of thioether (sulfide) groups is 1. The minimum Gasteiger partial charge on any atom is -0.369 e. The maximum absolute atomic E-state index is 12.4. The van der Waals surface area contributed by atoms with E-state index in [0.29, 0.717) is 13.1 Å². The third-order valence-corrected chi connectivity index (χ3v) is 5.29. The summed E-state index contributed by atoms with van der Waals surface area (Å²) in [4.78, 5) is 21.8. The van der Waals surface area contributed by atoms with Gasteiger partial charge in [0, 0.05) is 19.0 Å². The van der Waals surface area contributed by atoms with Crippen LogP contribution in [-0.2, 0) is 11.3 Å². The third kappa shape index (κ3) is 6.09. The summed E-state index contributed by atoms with van der Waals surface area (Å²) < 4.78 is 1.86. The standard InChI is InChI=1S/C20H34N6OS/c1-5-9-15(10-6-2)19(27)22-12-13-26-18-16(14-23-26)17(21-11-7-3)24-20(25-18)28-8-4/h14-15H,5-13H2,1-4H3,(H,22,27)(H,21,24,25). The van der Waals surface area contributed by atoms with Crippen molar-refractivity contribution in [1.29, 1.82) is 0 Å². The van der Waals surface area contributed by atoms with E-state index in [1.807, 2.05) is 10.9 Å². The zero-order valence-electron chi connectivity index (χ0n) is 17.6. The Labute approximate surface area is 172 Å². The molecular weight excluding hydrogens is 372 g/mol. The van der Waals surface area contributed by atoms with E-state index in [4.69, 9.17) is 0 Å². The van der Waals surface area contributed by atoms with Gasteiger partial charge in [-0.1, -0.05) is 52.3 Å². The molecule has 0 aliphatic heterocycles. The number of fused-ring (bicyclic) bond motifs is 1. The summed E-state index contributed by atoms with van der Waals surface area (Å²) in [5, 5.41) is 12.6. The number of hydrogen-bond acceptors (Lipinski definition) is 6. The molecule has 8 heteroatoms. The highest BCUT2D eigenvalue weighted by Crippen LogP contribution is 2.24. The Morgan fingerprint density at radius 2 is 1.86 bits per heavy atom. The number of hydrogen-bond donors (Lipinski definition) is 2. The lowest BCUT2D eigenvalue weighted by Crippen LogP contribution is -2.33. The SMILES string of the molecule is CCCNc1nc(SCC)nc2c1cnn2CCNC(=O)C(CCC)CCC. The van der Waals surface area contributed by atoms with E-state index < -0.39 is 0 Å². The number of nitrogens with one attached hydrogen (secondary N) is 2. The van der Waals surface area contributed by atoms with Crippen LogP contribution in [0.2, 0.25) is 0 Å². The maximum Gasteiger partial charge on any atom is 0.223 e. The number of aromatic nitrogens is 4. The van der Waals surface area contributed by atoms with Gasteiger partial charge in [0.1, 0.15) is 5.82 Å². The van der Waals surface area contributed by atoms with Crippen molar-refractivity contribution in [3.63, 3.8) is 0 Å². The van der Waals surface area contributed by atoms with Crippen LogP contribution in [0.25, 0.3) is 11.0 Å². The Morgan fingerprint density at radius 1 is 1.11 bits per heavy atom. The van der Waals surface area contributed by atoms with Crippen molar-refractivity contribution < 1.29 is 4.79 Å². The molecule has 0 aromatic carbocycles. The van der Waals surface area contributed by atoms with Crippen molar-refractivity contribution in [3.8, 4) is 0 Å². The molecule has 0 atom stereocenters. The molecule has 28 heavy (non-hydrogen) atoms. The second-order valence-corrected chi connectivity index (χ2v) is 8.12. The highest BCUT2D eigenvalue weighted by Gasteiger charge is 2.17. The number of carbonyl (C=O) groups is 1. The van der Waals surface area contributed by atoms with E-state index in [1.165, 1.54) is 0 Å². The van der Waals surface area contributed by atoms with Crippen LogP contribution in [0.15, 0.2) is 11.4 Å². The van der Waals surface area contributed by atoms with E-state index in [1.54, 1.807) is 11.8 Å². The molecule has 0 saturated heterocycles. The van der Waals surface area contributed by atoms with Gasteiger partial charge in [-0.25, -0.2) is 14.6 Å². The van der Waals surface area contributed by atoms with Gasteiger partial charge < -0.3 is 10.6 Å². The van der Waals surface area contributed by atoms with Crippen LogP contribution in [0, 0.1) is 5.92 Å². The zero-order valence-corrected chi connectivity index (χ0v) is 18.4. The number of carbonyl (C=O) groups excluding carboxylic acids is 1. The topological polar surface area (TPSA) is 84.7 Å². The second kappa shape index (κ2) is 11.9. The molecule has 156 valence electrons. The summed E-state index contributed by atoms with van der Waals surface area (Å²) in [6, 6.07) is 0. The summed E-state index contributed by atoms with van der Waals surface area (Å²) in [6.45, 7) is 10.5. The van der Waals surface area contributed by atoms with Gasteiger partial charge >= 0.3 is 0 Å². The summed E-state index contributed by atoms with van der Waals surface area (Å²) in [5.74, 6) is 2.02. The van der Waals surface area contributed by atoms with Gasteiger partial charge in [0.25, 0.3) is 0 Å².